The average Bonchev–Trinajstić information content (AvgIpc) is 2.06. The van der Waals surface area contributed by atoms with Gasteiger partial charge in [-0.15, -0.1) is 0 Å². The lowest BCUT2D eigenvalue weighted by Crippen LogP contribution is -2.32. The second kappa shape index (κ2) is 6.82. The number of aliphatic hydroxyl groups excluding tert-OH is 1. The molecule has 5 nitrogen and oxygen atoms in total. The van der Waals surface area contributed by atoms with Gasteiger partial charge in [-0.1, -0.05) is 0 Å². The summed E-state index contributed by atoms with van der Waals surface area (Å²) in [7, 11) is 2.11. The van der Waals surface area contributed by atoms with Crippen molar-refractivity contribution < 1.29 is 19.7 Å². The van der Waals surface area contributed by atoms with E-state index in [1.165, 1.54) is 6.92 Å². The molecule has 1 unspecified atom stereocenters. The van der Waals surface area contributed by atoms with E-state index in [4.69, 9.17) is 14.9 Å². The number of carbonyl (C=O) groups is 1. The molecule has 0 saturated carbocycles. The van der Waals surface area contributed by atoms with Crippen LogP contribution in [0.3, 0.4) is 0 Å². The van der Waals surface area contributed by atoms with Crippen LogP contribution in [0.25, 0.3) is 0 Å². The zero-order valence-corrected chi connectivity index (χ0v) is 8.06. The Morgan fingerprint density at radius 3 is 2.00 bits per heavy atom. The van der Waals surface area contributed by atoms with Crippen LogP contribution in [0.1, 0.15) is 6.92 Å². The van der Waals surface area contributed by atoms with Crippen molar-refractivity contribution in [1.82, 2.24) is 4.90 Å². The van der Waals surface area contributed by atoms with E-state index in [-0.39, 0.29) is 0 Å². The highest BCUT2D eigenvalue weighted by atomic mass is 16.5. The monoisotopic (exact) mass is 191 g/mol. The summed E-state index contributed by atoms with van der Waals surface area (Å²) in [6.07, 6.45) is -1.23. The normalized spacial score (nSPS) is 19.9. The maximum atomic E-state index is 9.45. The largest absolute Gasteiger partial charge is 0.479 e. The third kappa shape index (κ3) is 7.70. The minimum absolute atomic E-state index is 0.913. The van der Waals surface area contributed by atoms with Gasteiger partial charge in [0, 0.05) is 13.1 Å². The first-order valence-corrected chi connectivity index (χ1v) is 4.21. The molecule has 1 fully saturated rings. The first-order chi connectivity index (χ1) is 6.04. The van der Waals surface area contributed by atoms with Gasteiger partial charge in [-0.25, -0.2) is 4.79 Å². The van der Waals surface area contributed by atoms with E-state index in [9.17, 15) is 4.79 Å². The highest BCUT2D eigenvalue weighted by Crippen LogP contribution is 1.89. The van der Waals surface area contributed by atoms with E-state index in [0.29, 0.717) is 0 Å². The molecule has 13 heavy (non-hydrogen) atoms. The average molecular weight is 191 g/mol. The van der Waals surface area contributed by atoms with Crippen molar-refractivity contribution in [2.24, 2.45) is 0 Å². The predicted molar refractivity (Wildman–Crippen MR) is 47.6 cm³/mol. The van der Waals surface area contributed by atoms with Crippen molar-refractivity contribution in [2.45, 2.75) is 13.0 Å². The minimum atomic E-state index is -1.23. The number of morpholine rings is 1. The first-order valence-electron chi connectivity index (χ1n) is 4.21. The van der Waals surface area contributed by atoms with Gasteiger partial charge in [0.25, 0.3) is 0 Å². The smallest absolute Gasteiger partial charge is 0.332 e. The van der Waals surface area contributed by atoms with Crippen molar-refractivity contribution >= 4 is 5.97 Å². The zero-order valence-electron chi connectivity index (χ0n) is 8.06. The van der Waals surface area contributed by atoms with E-state index in [1.807, 2.05) is 0 Å². The fraction of sp³-hybridized carbons (Fsp3) is 0.875. The first kappa shape index (κ1) is 12.3. The molecule has 0 radical (unpaired) electrons. The van der Waals surface area contributed by atoms with Crippen LogP contribution in [0, 0.1) is 0 Å². The van der Waals surface area contributed by atoms with Crippen LogP contribution in [0.15, 0.2) is 0 Å². The Hall–Kier alpha value is -0.650. The van der Waals surface area contributed by atoms with Gasteiger partial charge in [0.15, 0.2) is 0 Å². The number of likely N-dealkylation sites (N-methyl/N-ethyl adjacent to an activating group) is 1. The van der Waals surface area contributed by atoms with Crippen LogP contribution >= 0.6 is 0 Å². The fourth-order valence-corrected chi connectivity index (χ4v) is 0.655. The maximum absolute atomic E-state index is 9.45. The van der Waals surface area contributed by atoms with Gasteiger partial charge in [0.2, 0.25) is 0 Å². The Labute approximate surface area is 77.9 Å². The molecule has 0 aromatic rings. The third-order valence-electron chi connectivity index (χ3n) is 1.59. The standard InChI is InChI=1S/C5H11NO.C3H6O3/c1-6-2-4-7-5-3-6;1-2(4)3(5)6/h2-5H2,1H3;2,4H,1H3,(H,5,6). The van der Waals surface area contributed by atoms with E-state index in [0.717, 1.165) is 26.3 Å². The Kier molecular flexibility index (Phi) is 6.48. The lowest BCUT2D eigenvalue weighted by Gasteiger charge is -2.21. The Morgan fingerprint density at radius 2 is 1.85 bits per heavy atom. The molecule has 5 heteroatoms. The SMILES string of the molecule is CC(O)C(=O)O.CN1CCOCC1. The number of hydrogen-bond acceptors (Lipinski definition) is 4. The molecule has 1 aliphatic rings. The number of aliphatic carboxylic acids is 1. The number of nitrogens with zero attached hydrogens (tertiary/aromatic N) is 1. The van der Waals surface area contributed by atoms with Crippen LogP contribution in [0.5, 0.6) is 0 Å². The van der Waals surface area contributed by atoms with Crippen molar-refractivity contribution in [3.05, 3.63) is 0 Å². The summed E-state index contributed by atoms with van der Waals surface area (Å²) in [4.78, 5) is 11.7. The van der Waals surface area contributed by atoms with Crippen LogP contribution in [-0.2, 0) is 9.53 Å². The molecule has 1 saturated heterocycles. The number of carboxylic acid groups (broad SMARTS) is 1. The summed E-state index contributed by atoms with van der Waals surface area (Å²) in [5.74, 6) is -1.19. The second-order valence-electron chi connectivity index (χ2n) is 2.93. The number of aliphatic hydroxyl groups is 1. The molecule has 2 N–H and O–H groups in total. The lowest BCUT2D eigenvalue weighted by molar-refractivity contribution is -0.145. The molecule has 0 aromatic carbocycles. The molecule has 0 spiro atoms. The van der Waals surface area contributed by atoms with Crippen LogP contribution in [-0.4, -0.2) is 60.5 Å². The van der Waals surface area contributed by atoms with E-state index in [2.05, 4.69) is 11.9 Å². The number of ether oxygens (including phenoxy) is 1. The van der Waals surface area contributed by atoms with Crippen LogP contribution in [0.2, 0.25) is 0 Å². The van der Waals surface area contributed by atoms with Gasteiger partial charge >= 0.3 is 5.97 Å². The zero-order chi connectivity index (χ0) is 10.3. The summed E-state index contributed by atoms with van der Waals surface area (Å²) >= 11 is 0. The van der Waals surface area contributed by atoms with E-state index >= 15 is 0 Å². The molecule has 1 aliphatic heterocycles. The Morgan fingerprint density at radius 1 is 1.46 bits per heavy atom. The highest BCUT2D eigenvalue weighted by Gasteiger charge is 2.02. The topological polar surface area (TPSA) is 70.0 Å². The number of carboxylic acids is 1. The van der Waals surface area contributed by atoms with Crippen LogP contribution in [0.4, 0.5) is 0 Å². The molecule has 78 valence electrons. The van der Waals surface area contributed by atoms with Gasteiger partial charge in [0.1, 0.15) is 6.10 Å². The van der Waals surface area contributed by atoms with E-state index in [1.54, 1.807) is 0 Å². The van der Waals surface area contributed by atoms with Crippen LogP contribution < -0.4 is 0 Å². The molecular weight excluding hydrogens is 174 g/mol. The third-order valence-corrected chi connectivity index (χ3v) is 1.59. The summed E-state index contributed by atoms with van der Waals surface area (Å²) in [5, 5.41) is 15.8. The van der Waals surface area contributed by atoms with Crippen molar-refractivity contribution in [3.8, 4) is 0 Å². The summed E-state index contributed by atoms with van der Waals surface area (Å²) < 4.78 is 5.10. The van der Waals surface area contributed by atoms with E-state index < -0.39 is 12.1 Å². The molecule has 1 rings (SSSR count). The molecule has 0 amide bonds. The fourth-order valence-electron chi connectivity index (χ4n) is 0.655. The van der Waals surface area contributed by atoms with Gasteiger partial charge in [-0.3, -0.25) is 0 Å². The summed E-state index contributed by atoms with van der Waals surface area (Å²) in [6, 6.07) is 0. The summed E-state index contributed by atoms with van der Waals surface area (Å²) in [6.45, 7) is 5.22. The predicted octanol–water partition coefficient (Wildman–Crippen LogP) is -0.600. The Balaban J connectivity index is 0.000000226. The molecule has 0 aromatic heterocycles. The molecular formula is C8H17NO4. The van der Waals surface area contributed by atoms with Gasteiger partial charge < -0.3 is 19.8 Å². The second-order valence-corrected chi connectivity index (χ2v) is 2.93. The van der Waals surface area contributed by atoms with Crippen molar-refractivity contribution in [2.75, 3.05) is 33.4 Å². The molecule has 1 heterocycles. The quantitative estimate of drug-likeness (QED) is 0.579. The molecule has 1 atom stereocenters. The van der Waals surface area contributed by atoms with Gasteiger partial charge in [-0.05, 0) is 14.0 Å². The van der Waals surface area contributed by atoms with Gasteiger partial charge in [0.05, 0.1) is 13.2 Å². The van der Waals surface area contributed by atoms with Crippen molar-refractivity contribution in [3.63, 3.8) is 0 Å². The highest BCUT2D eigenvalue weighted by molar-refractivity contribution is 5.71. The van der Waals surface area contributed by atoms with Crippen molar-refractivity contribution in [1.29, 1.82) is 0 Å². The molecule has 0 bridgehead atoms. The minimum Gasteiger partial charge on any atom is -0.479 e. The lowest BCUT2D eigenvalue weighted by atomic mass is 10.4. The number of hydrogen-bond donors (Lipinski definition) is 2. The summed E-state index contributed by atoms with van der Waals surface area (Å²) in [5.41, 5.74) is 0. The maximum Gasteiger partial charge on any atom is 0.332 e. The molecule has 0 aliphatic carbocycles. The Bertz CT molecular complexity index is 143. The van der Waals surface area contributed by atoms with Gasteiger partial charge in [-0.2, -0.15) is 0 Å². The number of rotatable bonds is 1.